The van der Waals surface area contributed by atoms with Crippen LogP contribution in [0.25, 0.3) is 11.4 Å². The van der Waals surface area contributed by atoms with Crippen LogP contribution in [0.1, 0.15) is 24.8 Å². The average Bonchev–Trinajstić information content (AvgIpc) is 2.41. The quantitative estimate of drug-likeness (QED) is 0.930. The van der Waals surface area contributed by atoms with Crippen LogP contribution in [-0.2, 0) is 4.79 Å². The second-order valence-corrected chi connectivity index (χ2v) is 4.53. The first-order valence-electron chi connectivity index (χ1n) is 5.93. The molecule has 0 aliphatic heterocycles. The van der Waals surface area contributed by atoms with Crippen molar-refractivity contribution in [3.63, 3.8) is 0 Å². The Labute approximate surface area is 116 Å². The molecule has 1 aromatic carbocycles. The number of halogens is 1. The third-order valence-electron chi connectivity index (χ3n) is 2.90. The van der Waals surface area contributed by atoms with Crippen LogP contribution >= 0.6 is 11.6 Å². The molecular formula is C14H13ClN2O2. The van der Waals surface area contributed by atoms with Crippen LogP contribution in [0.2, 0.25) is 5.02 Å². The molecule has 0 aliphatic rings. The lowest BCUT2D eigenvalue weighted by molar-refractivity contribution is -0.138. The maximum atomic E-state index is 11.1. The minimum absolute atomic E-state index is 0.495. The Bertz CT molecular complexity index is 584. The number of carboxylic acid groups (broad SMARTS) is 1. The van der Waals surface area contributed by atoms with E-state index in [1.165, 1.54) is 0 Å². The molecular weight excluding hydrogens is 264 g/mol. The Balaban J connectivity index is 2.33. The maximum Gasteiger partial charge on any atom is 0.311 e. The van der Waals surface area contributed by atoms with Gasteiger partial charge in [0.25, 0.3) is 0 Å². The normalized spacial score (nSPS) is 12.1. The van der Waals surface area contributed by atoms with Gasteiger partial charge in [-0.25, -0.2) is 9.97 Å². The van der Waals surface area contributed by atoms with E-state index in [9.17, 15) is 4.79 Å². The third-order valence-corrected chi connectivity index (χ3v) is 3.22. The van der Waals surface area contributed by atoms with Gasteiger partial charge in [-0.15, -0.1) is 0 Å². The number of hydrogen-bond acceptors (Lipinski definition) is 3. The molecule has 2 rings (SSSR count). The number of benzene rings is 1. The van der Waals surface area contributed by atoms with Gasteiger partial charge in [-0.3, -0.25) is 4.79 Å². The highest BCUT2D eigenvalue weighted by Gasteiger charge is 2.18. The Kier molecular flexibility index (Phi) is 4.12. The summed E-state index contributed by atoms with van der Waals surface area (Å²) in [6, 6.07) is 7.27. The van der Waals surface area contributed by atoms with E-state index < -0.39 is 11.9 Å². The standard InChI is InChI=1S/C14H13ClN2O2/c1-2-10(14(18)19)9-7-16-13(17-8-9)11-5-3-4-6-12(11)15/h3-8,10H,2H2,1H3,(H,18,19). The number of aromatic nitrogens is 2. The summed E-state index contributed by atoms with van der Waals surface area (Å²) < 4.78 is 0. The van der Waals surface area contributed by atoms with Crippen molar-refractivity contribution in [3.8, 4) is 11.4 Å². The first-order chi connectivity index (χ1) is 9.13. The van der Waals surface area contributed by atoms with Gasteiger partial charge < -0.3 is 5.11 Å². The van der Waals surface area contributed by atoms with Gasteiger partial charge in [0.05, 0.1) is 10.9 Å². The van der Waals surface area contributed by atoms with Crippen molar-refractivity contribution in [2.24, 2.45) is 0 Å². The summed E-state index contributed by atoms with van der Waals surface area (Å²) in [5, 5.41) is 9.65. The second-order valence-electron chi connectivity index (χ2n) is 4.12. The number of nitrogens with zero attached hydrogens (tertiary/aromatic N) is 2. The largest absolute Gasteiger partial charge is 0.481 e. The molecule has 5 heteroatoms. The SMILES string of the molecule is CCC(C(=O)O)c1cnc(-c2ccccc2Cl)nc1. The number of carbonyl (C=O) groups is 1. The van der Waals surface area contributed by atoms with E-state index in [1.54, 1.807) is 18.5 Å². The van der Waals surface area contributed by atoms with Crippen molar-refractivity contribution < 1.29 is 9.90 Å². The van der Waals surface area contributed by atoms with E-state index in [-0.39, 0.29) is 0 Å². The van der Waals surface area contributed by atoms with Crippen LogP contribution in [0, 0.1) is 0 Å². The zero-order valence-electron chi connectivity index (χ0n) is 10.4. The number of aliphatic carboxylic acids is 1. The smallest absolute Gasteiger partial charge is 0.311 e. The summed E-state index contributed by atoms with van der Waals surface area (Å²) in [4.78, 5) is 19.5. The van der Waals surface area contributed by atoms with E-state index in [4.69, 9.17) is 16.7 Å². The molecule has 1 heterocycles. The summed E-state index contributed by atoms with van der Waals surface area (Å²) in [6.07, 6.45) is 3.60. The van der Waals surface area contributed by atoms with Crippen LogP contribution in [0.5, 0.6) is 0 Å². The Hall–Kier alpha value is -1.94. The molecule has 98 valence electrons. The third kappa shape index (κ3) is 2.90. The lowest BCUT2D eigenvalue weighted by Crippen LogP contribution is -2.11. The number of hydrogen-bond donors (Lipinski definition) is 1. The average molecular weight is 277 g/mol. The minimum atomic E-state index is -0.864. The van der Waals surface area contributed by atoms with Gasteiger partial charge in [0.15, 0.2) is 5.82 Å². The van der Waals surface area contributed by atoms with Gasteiger partial charge in [0.2, 0.25) is 0 Å². The van der Waals surface area contributed by atoms with Crippen LogP contribution < -0.4 is 0 Å². The van der Waals surface area contributed by atoms with Crippen molar-refractivity contribution in [2.75, 3.05) is 0 Å². The molecule has 19 heavy (non-hydrogen) atoms. The fourth-order valence-corrected chi connectivity index (χ4v) is 2.07. The molecule has 4 nitrogen and oxygen atoms in total. The highest BCUT2D eigenvalue weighted by Crippen LogP contribution is 2.25. The topological polar surface area (TPSA) is 63.1 Å². The number of rotatable bonds is 4. The summed E-state index contributed by atoms with van der Waals surface area (Å²) in [6.45, 7) is 1.82. The van der Waals surface area contributed by atoms with Gasteiger partial charge in [0, 0.05) is 23.5 Å². The van der Waals surface area contributed by atoms with E-state index in [2.05, 4.69) is 9.97 Å². The molecule has 0 saturated carbocycles. The lowest BCUT2D eigenvalue weighted by atomic mass is 10.00. The van der Waals surface area contributed by atoms with Crippen molar-refractivity contribution in [3.05, 3.63) is 47.2 Å². The fourth-order valence-electron chi connectivity index (χ4n) is 1.85. The van der Waals surface area contributed by atoms with Gasteiger partial charge in [-0.05, 0) is 18.6 Å². The van der Waals surface area contributed by atoms with E-state index in [0.717, 1.165) is 5.56 Å². The molecule has 0 fully saturated rings. The van der Waals surface area contributed by atoms with Gasteiger partial charge >= 0.3 is 5.97 Å². The highest BCUT2D eigenvalue weighted by atomic mass is 35.5. The fraction of sp³-hybridized carbons (Fsp3) is 0.214. The minimum Gasteiger partial charge on any atom is -0.481 e. The maximum absolute atomic E-state index is 11.1. The molecule has 1 N–H and O–H groups in total. The van der Waals surface area contributed by atoms with Gasteiger partial charge in [-0.2, -0.15) is 0 Å². The summed E-state index contributed by atoms with van der Waals surface area (Å²) in [7, 11) is 0. The molecule has 0 bridgehead atoms. The second kappa shape index (κ2) is 5.80. The molecule has 0 aliphatic carbocycles. The predicted molar refractivity (Wildman–Crippen MR) is 73.1 cm³/mol. The molecule has 1 atom stereocenters. The van der Waals surface area contributed by atoms with Gasteiger partial charge in [-0.1, -0.05) is 30.7 Å². The van der Waals surface area contributed by atoms with E-state index >= 15 is 0 Å². The van der Waals surface area contributed by atoms with Crippen LogP contribution in [0.4, 0.5) is 0 Å². The zero-order valence-corrected chi connectivity index (χ0v) is 11.1. The summed E-state index contributed by atoms with van der Waals surface area (Å²) >= 11 is 6.06. The van der Waals surface area contributed by atoms with Gasteiger partial charge in [0.1, 0.15) is 0 Å². The number of carboxylic acids is 1. The Morgan fingerprint density at radius 2 is 1.95 bits per heavy atom. The van der Waals surface area contributed by atoms with Crippen molar-refractivity contribution >= 4 is 17.6 Å². The Morgan fingerprint density at radius 3 is 2.47 bits per heavy atom. The lowest BCUT2D eigenvalue weighted by Gasteiger charge is -2.09. The van der Waals surface area contributed by atoms with E-state index in [1.807, 2.05) is 25.1 Å². The monoisotopic (exact) mass is 276 g/mol. The molecule has 1 unspecified atom stereocenters. The summed E-state index contributed by atoms with van der Waals surface area (Å²) in [5.74, 6) is -0.938. The molecule has 0 spiro atoms. The molecule has 0 saturated heterocycles. The highest BCUT2D eigenvalue weighted by molar-refractivity contribution is 6.33. The van der Waals surface area contributed by atoms with Crippen LogP contribution in [0.15, 0.2) is 36.7 Å². The first-order valence-corrected chi connectivity index (χ1v) is 6.31. The van der Waals surface area contributed by atoms with Crippen molar-refractivity contribution in [1.82, 2.24) is 9.97 Å². The van der Waals surface area contributed by atoms with Crippen LogP contribution in [-0.4, -0.2) is 21.0 Å². The van der Waals surface area contributed by atoms with E-state index in [0.29, 0.717) is 22.8 Å². The molecule has 0 radical (unpaired) electrons. The van der Waals surface area contributed by atoms with Crippen LogP contribution in [0.3, 0.4) is 0 Å². The van der Waals surface area contributed by atoms with Crippen molar-refractivity contribution in [1.29, 1.82) is 0 Å². The zero-order chi connectivity index (χ0) is 13.8. The Morgan fingerprint density at radius 1 is 1.32 bits per heavy atom. The molecule has 0 amide bonds. The first kappa shape index (κ1) is 13.5. The molecule has 1 aromatic heterocycles. The van der Waals surface area contributed by atoms with Crippen molar-refractivity contribution in [2.45, 2.75) is 19.3 Å². The predicted octanol–water partition coefficient (Wildman–Crippen LogP) is 3.38. The molecule has 2 aromatic rings. The summed E-state index contributed by atoms with van der Waals surface area (Å²) in [5.41, 5.74) is 1.34.